The SMILES string of the molecule is CCNC(C)c1cccc(OCc2nc(CC)no2)c1. The van der Waals surface area contributed by atoms with Crippen molar-refractivity contribution in [2.24, 2.45) is 0 Å². The van der Waals surface area contributed by atoms with Gasteiger partial charge < -0.3 is 14.6 Å². The standard InChI is InChI=1S/C15H21N3O2/c1-4-14-17-15(20-18-14)10-19-13-8-6-7-12(9-13)11(3)16-5-2/h6-9,11,16H,4-5,10H2,1-3H3. The molecule has 1 atom stereocenters. The quantitative estimate of drug-likeness (QED) is 0.842. The predicted molar refractivity (Wildman–Crippen MR) is 76.5 cm³/mol. The Morgan fingerprint density at radius 3 is 2.90 bits per heavy atom. The summed E-state index contributed by atoms with van der Waals surface area (Å²) < 4.78 is 10.8. The van der Waals surface area contributed by atoms with Gasteiger partial charge in [-0.1, -0.05) is 31.1 Å². The molecule has 2 rings (SSSR count). The normalized spacial score (nSPS) is 12.3. The van der Waals surface area contributed by atoms with Gasteiger partial charge in [0.1, 0.15) is 5.75 Å². The van der Waals surface area contributed by atoms with E-state index in [0.717, 1.165) is 18.7 Å². The molecule has 0 aliphatic rings. The maximum absolute atomic E-state index is 5.69. The van der Waals surface area contributed by atoms with E-state index in [0.29, 0.717) is 24.4 Å². The molecule has 5 nitrogen and oxygen atoms in total. The summed E-state index contributed by atoms with van der Waals surface area (Å²) in [6, 6.07) is 8.34. The van der Waals surface area contributed by atoms with E-state index in [1.54, 1.807) is 0 Å². The molecule has 0 saturated heterocycles. The number of hydrogen-bond acceptors (Lipinski definition) is 5. The van der Waals surface area contributed by atoms with E-state index < -0.39 is 0 Å². The fourth-order valence-electron chi connectivity index (χ4n) is 1.94. The molecule has 108 valence electrons. The van der Waals surface area contributed by atoms with Crippen molar-refractivity contribution in [3.05, 3.63) is 41.5 Å². The molecule has 2 aromatic rings. The van der Waals surface area contributed by atoms with Crippen LogP contribution in [0.3, 0.4) is 0 Å². The number of nitrogens with zero attached hydrogens (tertiary/aromatic N) is 2. The molecule has 5 heteroatoms. The molecule has 0 aliphatic carbocycles. The molecular weight excluding hydrogens is 254 g/mol. The summed E-state index contributed by atoms with van der Waals surface area (Å²) >= 11 is 0. The van der Waals surface area contributed by atoms with E-state index in [1.165, 1.54) is 5.56 Å². The molecule has 1 aromatic heterocycles. The maximum Gasteiger partial charge on any atom is 0.264 e. The molecular formula is C15H21N3O2. The first kappa shape index (κ1) is 14.5. The molecule has 0 amide bonds. The van der Waals surface area contributed by atoms with Gasteiger partial charge >= 0.3 is 0 Å². The summed E-state index contributed by atoms with van der Waals surface area (Å²) in [4.78, 5) is 4.22. The zero-order valence-corrected chi connectivity index (χ0v) is 12.2. The summed E-state index contributed by atoms with van der Waals surface area (Å²) in [6.07, 6.45) is 0.763. The molecule has 1 N–H and O–H groups in total. The number of ether oxygens (including phenoxy) is 1. The lowest BCUT2D eigenvalue weighted by Crippen LogP contribution is -2.17. The van der Waals surface area contributed by atoms with Crippen molar-refractivity contribution in [3.8, 4) is 5.75 Å². The zero-order valence-electron chi connectivity index (χ0n) is 12.2. The summed E-state index contributed by atoms with van der Waals surface area (Å²) in [5.74, 6) is 2.02. The minimum Gasteiger partial charge on any atom is -0.484 e. The van der Waals surface area contributed by atoms with Gasteiger partial charge in [0.2, 0.25) is 0 Å². The van der Waals surface area contributed by atoms with Gasteiger partial charge in [0, 0.05) is 12.5 Å². The van der Waals surface area contributed by atoms with Gasteiger partial charge in [-0.25, -0.2) is 0 Å². The molecule has 0 radical (unpaired) electrons. The van der Waals surface area contributed by atoms with Crippen molar-refractivity contribution in [2.45, 2.75) is 39.8 Å². The zero-order chi connectivity index (χ0) is 14.4. The number of rotatable bonds is 7. The van der Waals surface area contributed by atoms with Crippen LogP contribution in [-0.4, -0.2) is 16.7 Å². The number of aryl methyl sites for hydroxylation is 1. The van der Waals surface area contributed by atoms with E-state index in [2.05, 4.69) is 35.4 Å². The minimum absolute atomic E-state index is 0.298. The van der Waals surface area contributed by atoms with Crippen LogP contribution in [0.5, 0.6) is 5.75 Å². The van der Waals surface area contributed by atoms with Crippen LogP contribution < -0.4 is 10.1 Å². The Morgan fingerprint density at radius 1 is 1.35 bits per heavy atom. The predicted octanol–water partition coefficient (Wildman–Crippen LogP) is 2.88. The second-order valence-electron chi connectivity index (χ2n) is 4.60. The van der Waals surface area contributed by atoms with Crippen LogP contribution in [0.25, 0.3) is 0 Å². The summed E-state index contributed by atoms with van der Waals surface area (Å²) in [5, 5.41) is 7.22. The molecule has 1 unspecified atom stereocenters. The minimum atomic E-state index is 0.298. The van der Waals surface area contributed by atoms with Gasteiger partial charge in [-0.3, -0.25) is 0 Å². The van der Waals surface area contributed by atoms with Gasteiger partial charge in [0.25, 0.3) is 5.89 Å². The molecule has 1 heterocycles. The Morgan fingerprint density at radius 2 is 2.20 bits per heavy atom. The lowest BCUT2D eigenvalue weighted by molar-refractivity contribution is 0.242. The summed E-state index contributed by atoms with van der Waals surface area (Å²) in [5.41, 5.74) is 1.20. The number of nitrogens with one attached hydrogen (secondary N) is 1. The molecule has 0 fully saturated rings. The van der Waals surface area contributed by atoms with Gasteiger partial charge in [-0.15, -0.1) is 0 Å². The van der Waals surface area contributed by atoms with Crippen LogP contribution in [0, 0.1) is 0 Å². The second kappa shape index (κ2) is 7.05. The van der Waals surface area contributed by atoms with Gasteiger partial charge in [0.15, 0.2) is 12.4 Å². The van der Waals surface area contributed by atoms with Crippen LogP contribution in [0.4, 0.5) is 0 Å². The van der Waals surface area contributed by atoms with Gasteiger partial charge in [-0.2, -0.15) is 4.98 Å². The van der Waals surface area contributed by atoms with Crippen molar-refractivity contribution in [1.82, 2.24) is 15.5 Å². The van der Waals surface area contributed by atoms with Crippen molar-refractivity contribution >= 4 is 0 Å². The van der Waals surface area contributed by atoms with E-state index in [9.17, 15) is 0 Å². The molecule has 0 bridgehead atoms. The molecule has 0 spiro atoms. The molecule has 1 aromatic carbocycles. The second-order valence-corrected chi connectivity index (χ2v) is 4.60. The number of hydrogen-bond donors (Lipinski definition) is 1. The largest absolute Gasteiger partial charge is 0.484 e. The summed E-state index contributed by atoms with van der Waals surface area (Å²) in [7, 11) is 0. The van der Waals surface area contributed by atoms with Crippen molar-refractivity contribution in [1.29, 1.82) is 0 Å². The highest BCUT2D eigenvalue weighted by atomic mass is 16.5. The lowest BCUT2D eigenvalue weighted by atomic mass is 10.1. The Balaban J connectivity index is 1.97. The Labute approximate surface area is 119 Å². The fourth-order valence-corrected chi connectivity index (χ4v) is 1.94. The first-order valence-corrected chi connectivity index (χ1v) is 7.00. The average Bonchev–Trinajstić information content (AvgIpc) is 2.94. The lowest BCUT2D eigenvalue weighted by Gasteiger charge is -2.13. The highest BCUT2D eigenvalue weighted by molar-refractivity contribution is 5.30. The third kappa shape index (κ3) is 3.81. The molecule has 20 heavy (non-hydrogen) atoms. The number of aromatic nitrogens is 2. The van der Waals surface area contributed by atoms with Crippen LogP contribution in [0.15, 0.2) is 28.8 Å². The third-order valence-electron chi connectivity index (χ3n) is 3.06. The Hall–Kier alpha value is -1.88. The van der Waals surface area contributed by atoms with Crippen LogP contribution in [0.1, 0.15) is 44.1 Å². The van der Waals surface area contributed by atoms with Crippen molar-refractivity contribution < 1.29 is 9.26 Å². The van der Waals surface area contributed by atoms with Crippen molar-refractivity contribution in [2.75, 3.05) is 6.54 Å². The van der Waals surface area contributed by atoms with Gasteiger partial charge in [0.05, 0.1) is 0 Å². The van der Waals surface area contributed by atoms with Crippen LogP contribution in [0.2, 0.25) is 0 Å². The van der Waals surface area contributed by atoms with E-state index in [4.69, 9.17) is 9.26 Å². The fraction of sp³-hybridized carbons (Fsp3) is 0.467. The number of benzene rings is 1. The summed E-state index contributed by atoms with van der Waals surface area (Å²) in [6.45, 7) is 7.45. The van der Waals surface area contributed by atoms with Gasteiger partial charge in [-0.05, 0) is 31.2 Å². The Bertz CT molecular complexity index is 539. The van der Waals surface area contributed by atoms with E-state index in [1.807, 2.05) is 25.1 Å². The monoisotopic (exact) mass is 275 g/mol. The molecule has 0 saturated carbocycles. The van der Waals surface area contributed by atoms with E-state index >= 15 is 0 Å². The molecule has 0 aliphatic heterocycles. The smallest absolute Gasteiger partial charge is 0.264 e. The first-order valence-electron chi connectivity index (χ1n) is 7.00. The van der Waals surface area contributed by atoms with Crippen LogP contribution in [-0.2, 0) is 13.0 Å². The topological polar surface area (TPSA) is 60.2 Å². The van der Waals surface area contributed by atoms with Crippen molar-refractivity contribution in [3.63, 3.8) is 0 Å². The van der Waals surface area contributed by atoms with Crippen LogP contribution >= 0.6 is 0 Å². The third-order valence-corrected chi connectivity index (χ3v) is 3.06. The average molecular weight is 275 g/mol. The first-order chi connectivity index (χ1) is 9.72. The highest BCUT2D eigenvalue weighted by Gasteiger charge is 2.07. The maximum atomic E-state index is 5.69. The van der Waals surface area contributed by atoms with E-state index in [-0.39, 0.29) is 0 Å². The highest BCUT2D eigenvalue weighted by Crippen LogP contribution is 2.19. The Kier molecular flexibility index (Phi) is 5.12.